The minimum atomic E-state index is -1.64. The summed E-state index contributed by atoms with van der Waals surface area (Å²) in [4.78, 5) is 0. The van der Waals surface area contributed by atoms with Crippen molar-refractivity contribution < 1.29 is 20.9 Å². The third-order valence-electron chi connectivity index (χ3n) is 3.10. The number of rotatable bonds is 12. The maximum Gasteiger partial charge on any atom is 0.308 e. The van der Waals surface area contributed by atoms with Crippen molar-refractivity contribution in [3.63, 3.8) is 0 Å². The standard InChI is InChI=1S/C11H34O5Si5/c1-9-10-11-21(7,8)16-20(6)15-19(5)14-18(4)13-17(3)12-2/h17-20H,9-11H2,1-8H3. The molecule has 0 aliphatic rings. The average molecular weight is 387 g/mol. The Morgan fingerprint density at radius 2 is 1.29 bits per heavy atom. The quantitative estimate of drug-likeness (QED) is 0.481. The summed E-state index contributed by atoms with van der Waals surface area (Å²) in [7, 11) is -6.19. The first-order valence-electron chi connectivity index (χ1n) is 7.87. The van der Waals surface area contributed by atoms with Gasteiger partial charge >= 0.3 is 9.28 Å². The van der Waals surface area contributed by atoms with Crippen LogP contribution in [-0.4, -0.2) is 52.6 Å². The van der Waals surface area contributed by atoms with Crippen molar-refractivity contribution in [1.29, 1.82) is 0 Å². The highest BCUT2D eigenvalue weighted by atomic mass is 28.5. The molecule has 0 spiro atoms. The molecule has 0 fully saturated rings. The second kappa shape index (κ2) is 11.4. The average Bonchev–Trinajstić information content (AvgIpc) is 2.34. The van der Waals surface area contributed by atoms with Crippen LogP contribution in [0.5, 0.6) is 0 Å². The van der Waals surface area contributed by atoms with Crippen LogP contribution in [0, 0.1) is 0 Å². The molecule has 0 rings (SSSR count). The summed E-state index contributed by atoms with van der Waals surface area (Å²) < 4.78 is 29.3. The monoisotopic (exact) mass is 386 g/mol. The molecule has 0 aliphatic heterocycles. The Labute approximate surface area is 138 Å². The van der Waals surface area contributed by atoms with Crippen molar-refractivity contribution in [1.82, 2.24) is 0 Å². The largest absolute Gasteiger partial charge is 0.439 e. The fourth-order valence-electron chi connectivity index (χ4n) is 2.07. The third kappa shape index (κ3) is 12.0. The van der Waals surface area contributed by atoms with E-state index in [2.05, 4.69) is 33.1 Å². The molecule has 0 aromatic rings. The van der Waals surface area contributed by atoms with Gasteiger partial charge in [0.25, 0.3) is 27.9 Å². The molecule has 0 bridgehead atoms. The van der Waals surface area contributed by atoms with Gasteiger partial charge < -0.3 is 20.9 Å². The number of hydrogen-bond acceptors (Lipinski definition) is 5. The molecular weight excluding hydrogens is 353 g/mol. The van der Waals surface area contributed by atoms with Crippen molar-refractivity contribution in [2.75, 3.05) is 7.11 Å². The molecule has 0 N–H and O–H groups in total. The van der Waals surface area contributed by atoms with Gasteiger partial charge in [-0.3, -0.25) is 0 Å². The number of hydrogen-bond donors (Lipinski definition) is 0. The SMILES string of the molecule is CCCC[Si](C)(C)O[SiH](C)O[SiH](C)O[SiH](C)O[SiH](C)OC. The van der Waals surface area contributed by atoms with E-state index in [0.717, 1.165) is 0 Å². The van der Waals surface area contributed by atoms with Crippen LogP contribution in [0.1, 0.15) is 19.8 Å². The first-order chi connectivity index (χ1) is 9.70. The molecular formula is C11H34O5Si5. The lowest BCUT2D eigenvalue weighted by molar-refractivity contribution is 0.303. The van der Waals surface area contributed by atoms with Crippen LogP contribution in [0.3, 0.4) is 0 Å². The second-order valence-electron chi connectivity index (χ2n) is 5.90. The van der Waals surface area contributed by atoms with Gasteiger partial charge in [0, 0.05) is 7.11 Å². The summed E-state index contributed by atoms with van der Waals surface area (Å²) in [5.74, 6) is 0. The molecule has 10 heteroatoms. The molecule has 0 saturated carbocycles. The first kappa shape index (κ1) is 21.9. The fourth-order valence-corrected chi connectivity index (χ4v) is 16.7. The van der Waals surface area contributed by atoms with Gasteiger partial charge in [-0.25, -0.2) is 0 Å². The van der Waals surface area contributed by atoms with Gasteiger partial charge in [-0.1, -0.05) is 19.8 Å². The van der Waals surface area contributed by atoms with Crippen LogP contribution in [0.15, 0.2) is 0 Å². The van der Waals surface area contributed by atoms with E-state index in [-0.39, 0.29) is 0 Å². The summed E-state index contributed by atoms with van der Waals surface area (Å²) in [6.45, 7) is 15.0. The van der Waals surface area contributed by atoms with Crippen molar-refractivity contribution >= 4 is 45.5 Å². The molecule has 0 aromatic carbocycles. The molecule has 128 valence electrons. The van der Waals surface area contributed by atoms with E-state index >= 15 is 0 Å². The molecule has 5 nitrogen and oxygen atoms in total. The summed E-state index contributed by atoms with van der Waals surface area (Å²) >= 11 is 0. The van der Waals surface area contributed by atoms with E-state index in [0.29, 0.717) is 0 Å². The van der Waals surface area contributed by atoms with Crippen LogP contribution in [0.2, 0.25) is 45.3 Å². The maximum atomic E-state index is 6.26. The van der Waals surface area contributed by atoms with Crippen molar-refractivity contribution in [3.8, 4) is 0 Å². The predicted octanol–water partition coefficient (Wildman–Crippen LogP) is 2.11. The van der Waals surface area contributed by atoms with Crippen molar-refractivity contribution in [2.24, 2.45) is 0 Å². The van der Waals surface area contributed by atoms with Gasteiger partial charge in [0.2, 0.25) is 0 Å². The molecule has 4 atom stereocenters. The van der Waals surface area contributed by atoms with Crippen molar-refractivity contribution in [3.05, 3.63) is 0 Å². The molecule has 0 aromatic heterocycles. The van der Waals surface area contributed by atoms with E-state index in [1.165, 1.54) is 18.9 Å². The topological polar surface area (TPSA) is 46.2 Å². The lowest BCUT2D eigenvalue weighted by Crippen LogP contribution is -2.42. The Hall–Kier alpha value is 0.884. The van der Waals surface area contributed by atoms with Gasteiger partial charge in [-0.15, -0.1) is 0 Å². The summed E-state index contributed by atoms with van der Waals surface area (Å²) in [5, 5.41) is 0. The van der Waals surface area contributed by atoms with E-state index in [1.54, 1.807) is 7.11 Å². The Balaban J connectivity index is 4.05. The Bertz CT molecular complexity index is 271. The summed E-state index contributed by atoms with van der Waals surface area (Å²) in [6, 6.07) is 1.21. The minimum absolute atomic E-state index is 1.21. The van der Waals surface area contributed by atoms with Gasteiger partial charge in [-0.2, -0.15) is 0 Å². The summed E-state index contributed by atoms with van der Waals surface area (Å²) in [5.41, 5.74) is 0. The maximum absolute atomic E-state index is 6.26. The van der Waals surface area contributed by atoms with E-state index in [1.807, 2.05) is 13.1 Å². The molecule has 0 heterocycles. The molecule has 0 saturated heterocycles. The zero-order valence-corrected chi connectivity index (χ0v) is 20.6. The highest BCUT2D eigenvalue weighted by molar-refractivity contribution is 6.78. The second-order valence-corrected chi connectivity index (χ2v) is 19.1. The Morgan fingerprint density at radius 3 is 1.76 bits per heavy atom. The summed E-state index contributed by atoms with van der Waals surface area (Å²) in [6.07, 6.45) is 2.48. The first-order valence-corrected chi connectivity index (χ1v) is 19.4. The lowest BCUT2D eigenvalue weighted by atomic mass is 10.4. The normalized spacial score (nSPS) is 18.3. The molecule has 0 amide bonds. The zero-order valence-electron chi connectivity index (χ0n) is 15.0. The Kier molecular flexibility index (Phi) is 11.9. The third-order valence-corrected chi connectivity index (χ3v) is 18.4. The molecule has 21 heavy (non-hydrogen) atoms. The van der Waals surface area contributed by atoms with Crippen LogP contribution in [-0.2, 0) is 20.9 Å². The minimum Gasteiger partial charge on any atom is -0.439 e. The van der Waals surface area contributed by atoms with Crippen LogP contribution < -0.4 is 0 Å². The van der Waals surface area contributed by atoms with Crippen LogP contribution in [0.4, 0.5) is 0 Å². The van der Waals surface area contributed by atoms with Crippen LogP contribution >= 0.6 is 0 Å². The van der Waals surface area contributed by atoms with Crippen LogP contribution in [0.25, 0.3) is 0 Å². The molecule has 4 unspecified atom stereocenters. The smallest absolute Gasteiger partial charge is 0.308 e. The lowest BCUT2D eigenvalue weighted by Gasteiger charge is -2.29. The van der Waals surface area contributed by atoms with E-state index < -0.39 is 45.5 Å². The zero-order chi connectivity index (χ0) is 16.5. The van der Waals surface area contributed by atoms with E-state index in [4.69, 9.17) is 20.9 Å². The number of unbranched alkanes of at least 4 members (excludes halogenated alkanes) is 1. The predicted molar refractivity (Wildman–Crippen MR) is 101 cm³/mol. The molecule has 0 aliphatic carbocycles. The van der Waals surface area contributed by atoms with Gasteiger partial charge in [0.1, 0.15) is 0 Å². The molecule has 0 radical (unpaired) electrons. The van der Waals surface area contributed by atoms with Gasteiger partial charge in [0.05, 0.1) is 0 Å². The van der Waals surface area contributed by atoms with Gasteiger partial charge in [-0.05, 0) is 45.3 Å². The Morgan fingerprint density at radius 1 is 0.810 bits per heavy atom. The van der Waals surface area contributed by atoms with Crippen molar-refractivity contribution in [2.45, 2.75) is 65.1 Å². The van der Waals surface area contributed by atoms with Gasteiger partial charge in [0.15, 0.2) is 8.32 Å². The highest BCUT2D eigenvalue weighted by Gasteiger charge is 2.27. The van der Waals surface area contributed by atoms with E-state index in [9.17, 15) is 0 Å². The fraction of sp³-hybridized carbons (Fsp3) is 1.00. The highest BCUT2D eigenvalue weighted by Crippen LogP contribution is 2.17.